The van der Waals surface area contributed by atoms with Crippen molar-refractivity contribution in [3.05, 3.63) is 58.1 Å². The van der Waals surface area contributed by atoms with Gasteiger partial charge < -0.3 is 4.90 Å². The van der Waals surface area contributed by atoms with Gasteiger partial charge in [0.15, 0.2) is 5.78 Å². The van der Waals surface area contributed by atoms with Gasteiger partial charge in [-0.15, -0.1) is 0 Å². The number of Topliss-reactive ketones (excluding diaryl/α,β-unsaturated/α-hetero) is 1. The van der Waals surface area contributed by atoms with Crippen molar-refractivity contribution in [3.63, 3.8) is 0 Å². The minimum Gasteiger partial charge on any atom is -0.308 e. The number of hydrogen-bond acceptors (Lipinski definition) is 4. The van der Waals surface area contributed by atoms with Gasteiger partial charge in [0.1, 0.15) is 0 Å². The lowest BCUT2D eigenvalue weighted by molar-refractivity contribution is 0.0973. The molecule has 124 valence electrons. The number of anilines is 2. The van der Waals surface area contributed by atoms with Crippen molar-refractivity contribution in [1.82, 2.24) is 0 Å². The van der Waals surface area contributed by atoms with Crippen LogP contribution in [-0.4, -0.2) is 23.4 Å². The Hall–Kier alpha value is -2.37. The van der Waals surface area contributed by atoms with Gasteiger partial charge in [-0.2, -0.15) is 0 Å². The van der Waals surface area contributed by atoms with Gasteiger partial charge in [0.2, 0.25) is 0 Å². The molecule has 3 rings (SSSR count). The number of amides is 1. The summed E-state index contributed by atoms with van der Waals surface area (Å²) in [6.45, 7) is 2.28. The van der Waals surface area contributed by atoms with Crippen molar-refractivity contribution in [2.75, 3.05) is 16.9 Å². The molecule has 1 aliphatic heterocycles. The van der Waals surface area contributed by atoms with Gasteiger partial charge in [-0.1, -0.05) is 11.6 Å². The Morgan fingerprint density at radius 1 is 1.25 bits per heavy atom. The molecule has 24 heavy (non-hydrogen) atoms. The van der Waals surface area contributed by atoms with Gasteiger partial charge in [-0.05, 0) is 55.3 Å². The van der Waals surface area contributed by atoms with Crippen LogP contribution in [0.1, 0.15) is 39.1 Å². The predicted octanol–water partition coefficient (Wildman–Crippen LogP) is 4.07. The zero-order chi connectivity index (χ0) is 17.3. The zero-order valence-corrected chi connectivity index (χ0v) is 13.9. The Balaban J connectivity index is 2.04. The van der Waals surface area contributed by atoms with E-state index in [2.05, 4.69) is 5.48 Å². The van der Waals surface area contributed by atoms with E-state index in [1.54, 1.807) is 48.2 Å². The normalized spacial score (nSPS) is 14.1. The fraction of sp³-hybridized carbons (Fsp3) is 0.222. The van der Waals surface area contributed by atoms with Crippen molar-refractivity contribution < 1.29 is 14.8 Å². The second-order valence-electron chi connectivity index (χ2n) is 5.79. The summed E-state index contributed by atoms with van der Waals surface area (Å²) in [5.74, 6) is -0.172. The molecule has 1 aliphatic rings. The van der Waals surface area contributed by atoms with Crippen LogP contribution >= 0.6 is 11.6 Å². The maximum Gasteiger partial charge on any atom is 0.258 e. The summed E-state index contributed by atoms with van der Waals surface area (Å²) in [6.07, 6.45) is 0.996. The van der Waals surface area contributed by atoms with E-state index in [-0.39, 0.29) is 11.7 Å². The summed E-state index contributed by atoms with van der Waals surface area (Å²) in [5, 5.41) is 9.45. The molecule has 0 saturated carbocycles. The van der Waals surface area contributed by atoms with Gasteiger partial charge in [-0.3, -0.25) is 20.3 Å². The Morgan fingerprint density at radius 2 is 2.04 bits per heavy atom. The van der Waals surface area contributed by atoms with Gasteiger partial charge in [0.05, 0.1) is 11.4 Å². The molecule has 5 nitrogen and oxygen atoms in total. The Morgan fingerprint density at radius 3 is 2.75 bits per heavy atom. The van der Waals surface area contributed by atoms with E-state index >= 15 is 0 Å². The van der Waals surface area contributed by atoms with Crippen LogP contribution in [0.25, 0.3) is 0 Å². The number of halogens is 1. The maximum atomic E-state index is 13.0. The van der Waals surface area contributed by atoms with Crippen LogP contribution in [0.5, 0.6) is 0 Å². The molecule has 2 aromatic rings. The molecule has 0 fully saturated rings. The van der Waals surface area contributed by atoms with Gasteiger partial charge in [0, 0.05) is 29.1 Å². The van der Waals surface area contributed by atoms with Crippen LogP contribution in [0.2, 0.25) is 5.02 Å². The van der Waals surface area contributed by atoms with Crippen LogP contribution in [0.3, 0.4) is 0 Å². The molecule has 0 saturated heterocycles. The van der Waals surface area contributed by atoms with E-state index in [4.69, 9.17) is 16.8 Å². The summed E-state index contributed by atoms with van der Waals surface area (Å²) in [5.41, 5.74) is 4.93. The van der Waals surface area contributed by atoms with E-state index in [1.807, 2.05) is 0 Å². The summed E-state index contributed by atoms with van der Waals surface area (Å²) in [6, 6.07) is 10.0. The fourth-order valence-corrected chi connectivity index (χ4v) is 3.12. The highest BCUT2D eigenvalue weighted by molar-refractivity contribution is 6.31. The first kappa shape index (κ1) is 16.5. The molecule has 1 amide bonds. The standard InChI is InChI=1S/C18H17ClN2O3/c1-11-9-13(20-24)5-6-14(11)18(23)21-8-2-3-17(22)15-10-12(19)4-7-16(15)21/h4-7,9-10,20,24H,2-3,8H2,1H3. The summed E-state index contributed by atoms with van der Waals surface area (Å²) >= 11 is 6.01. The number of hydrogen-bond donors (Lipinski definition) is 2. The van der Waals surface area contributed by atoms with Crippen LogP contribution in [0.15, 0.2) is 36.4 Å². The molecule has 1 heterocycles. The van der Waals surface area contributed by atoms with Crippen molar-refractivity contribution >= 4 is 34.7 Å². The number of fused-ring (bicyclic) bond motifs is 1. The minimum atomic E-state index is -0.171. The molecule has 2 N–H and O–H groups in total. The first-order valence-corrected chi connectivity index (χ1v) is 8.04. The first-order chi connectivity index (χ1) is 11.5. The maximum absolute atomic E-state index is 13.0. The zero-order valence-electron chi connectivity index (χ0n) is 13.2. The SMILES string of the molecule is Cc1cc(NO)ccc1C(=O)N1CCCC(=O)c2cc(Cl)ccc21. The number of nitrogens with zero attached hydrogens (tertiary/aromatic N) is 1. The van der Waals surface area contributed by atoms with Crippen molar-refractivity contribution in [2.45, 2.75) is 19.8 Å². The van der Waals surface area contributed by atoms with E-state index < -0.39 is 0 Å². The molecule has 0 aliphatic carbocycles. The lowest BCUT2D eigenvalue weighted by atomic mass is 10.0. The van der Waals surface area contributed by atoms with Crippen LogP contribution in [0.4, 0.5) is 11.4 Å². The van der Waals surface area contributed by atoms with Gasteiger partial charge in [0.25, 0.3) is 5.91 Å². The molecule has 0 unspecified atom stereocenters. The fourth-order valence-electron chi connectivity index (χ4n) is 2.95. The average molecular weight is 345 g/mol. The molecule has 0 atom stereocenters. The summed E-state index contributed by atoms with van der Waals surface area (Å²) < 4.78 is 0. The van der Waals surface area contributed by atoms with Crippen molar-refractivity contribution in [1.29, 1.82) is 0 Å². The monoisotopic (exact) mass is 344 g/mol. The highest BCUT2D eigenvalue weighted by atomic mass is 35.5. The largest absolute Gasteiger partial charge is 0.308 e. The number of carbonyl (C=O) groups excluding carboxylic acids is 2. The molecule has 2 aromatic carbocycles. The first-order valence-electron chi connectivity index (χ1n) is 7.66. The van der Waals surface area contributed by atoms with Crippen LogP contribution in [0, 0.1) is 6.92 Å². The number of nitrogens with one attached hydrogen (secondary N) is 1. The summed E-state index contributed by atoms with van der Waals surface area (Å²) in [4.78, 5) is 26.9. The smallest absolute Gasteiger partial charge is 0.258 e. The number of carbonyl (C=O) groups is 2. The highest BCUT2D eigenvalue weighted by Crippen LogP contribution is 2.31. The number of benzene rings is 2. The Bertz CT molecular complexity index is 820. The van der Waals surface area contributed by atoms with Crippen molar-refractivity contribution in [2.24, 2.45) is 0 Å². The molecule has 0 bridgehead atoms. The third-order valence-electron chi connectivity index (χ3n) is 4.17. The molecule has 0 spiro atoms. The Labute approximate surface area is 144 Å². The second-order valence-corrected chi connectivity index (χ2v) is 6.22. The Kier molecular flexibility index (Phi) is 4.55. The average Bonchev–Trinajstić information content (AvgIpc) is 2.73. The van der Waals surface area contributed by atoms with Crippen LogP contribution in [-0.2, 0) is 0 Å². The van der Waals surface area contributed by atoms with Crippen LogP contribution < -0.4 is 10.4 Å². The number of rotatable bonds is 2. The van der Waals surface area contributed by atoms with E-state index in [9.17, 15) is 9.59 Å². The molecular formula is C18H17ClN2O3. The molecular weight excluding hydrogens is 328 g/mol. The number of aryl methyl sites for hydroxylation is 1. The second kappa shape index (κ2) is 6.63. The molecule has 6 heteroatoms. The number of ketones is 1. The third kappa shape index (κ3) is 3.00. The van der Waals surface area contributed by atoms with E-state index in [1.165, 1.54) is 0 Å². The quantitative estimate of drug-likeness (QED) is 0.806. The topological polar surface area (TPSA) is 69.6 Å². The third-order valence-corrected chi connectivity index (χ3v) is 4.40. The summed E-state index contributed by atoms with van der Waals surface area (Å²) in [7, 11) is 0. The van der Waals surface area contributed by atoms with Gasteiger partial charge >= 0.3 is 0 Å². The highest BCUT2D eigenvalue weighted by Gasteiger charge is 2.26. The van der Waals surface area contributed by atoms with Crippen molar-refractivity contribution in [3.8, 4) is 0 Å². The van der Waals surface area contributed by atoms with E-state index in [0.717, 1.165) is 5.56 Å². The molecule has 0 radical (unpaired) electrons. The predicted molar refractivity (Wildman–Crippen MR) is 93.3 cm³/mol. The van der Waals surface area contributed by atoms with E-state index in [0.29, 0.717) is 46.9 Å². The lowest BCUT2D eigenvalue weighted by Gasteiger charge is -2.23. The minimum absolute atomic E-state index is 0.000602. The molecule has 0 aromatic heterocycles. The lowest BCUT2D eigenvalue weighted by Crippen LogP contribution is -2.32. The van der Waals surface area contributed by atoms with Gasteiger partial charge in [-0.25, -0.2) is 0 Å².